The second kappa shape index (κ2) is 10.7. The molecule has 3 aromatic rings. The summed E-state index contributed by atoms with van der Waals surface area (Å²) in [6.45, 7) is 5.56. The molecule has 0 bridgehead atoms. The number of Topliss-reactive ketones (excluding diaryl/α,β-unsaturated/α-hetero) is 1. The number of nitrogens with zero attached hydrogens (tertiary/aromatic N) is 2. The van der Waals surface area contributed by atoms with Crippen molar-refractivity contribution in [3.63, 3.8) is 0 Å². The zero-order valence-corrected chi connectivity index (χ0v) is 22.1. The summed E-state index contributed by atoms with van der Waals surface area (Å²) < 4.78 is 22.7. The van der Waals surface area contributed by atoms with E-state index in [1.54, 1.807) is 48.0 Å². The van der Waals surface area contributed by atoms with Crippen LogP contribution in [0.4, 0.5) is 5.13 Å². The molecule has 198 valence electrons. The van der Waals surface area contributed by atoms with E-state index in [1.807, 2.05) is 0 Å². The highest BCUT2D eigenvalue weighted by atomic mass is 32.1. The lowest BCUT2D eigenvalue weighted by atomic mass is 9.95. The van der Waals surface area contributed by atoms with E-state index >= 15 is 0 Å². The quantitative estimate of drug-likeness (QED) is 0.244. The lowest BCUT2D eigenvalue weighted by Crippen LogP contribution is -2.29. The van der Waals surface area contributed by atoms with Gasteiger partial charge in [-0.2, -0.15) is 0 Å². The summed E-state index contributed by atoms with van der Waals surface area (Å²) in [4.78, 5) is 32.3. The predicted octanol–water partition coefficient (Wildman–Crippen LogP) is 4.97. The van der Waals surface area contributed by atoms with E-state index in [1.165, 1.54) is 23.3 Å². The van der Waals surface area contributed by atoms with Crippen molar-refractivity contribution in [1.82, 2.24) is 4.98 Å². The van der Waals surface area contributed by atoms with Crippen molar-refractivity contribution in [3.8, 4) is 23.0 Å². The maximum absolute atomic E-state index is 13.4. The lowest BCUT2D eigenvalue weighted by Gasteiger charge is -2.24. The maximum atomic E-state index is 13.4. The number of carbonyl (C=O) groups is 2. The zero-order chi connectivity index (χ0) is 26.8. The number of aliphatic hydroxyl groups is 1. The Bertz CT molecular complexity index is 1380. The molecule has 1 N–H and O–H groups in total. The van der Waals surface area contributed by atoms with Crippen molar-refractivity contribution in [1.29, 1.82) is 0 Å². The normalized spacial score (nSPS) is 18.2. The predicted molar refractivity (Wildman–Crippen MR) is 142 cm³/mol. The number of anilines is 1. The molecule has 38 heavy (non-hydrogen) atoms. The molecule has 1 aromatic heterocycles. The first-order chi connectivity index (χ1) is 18.4. The van der Waals surface area contributed by atoms with Crippen LogP contribution in [0.25, 0.3) is 5.76 Å². The van der Waals surface area contributed by atoms with Crippen LogP contribution in [0.1, 0.15) is 37.4 Å². The third kappa shape index (κ3) is 4.79. The summed E-state index contributed by atoms with van der Waals surface area (Å²) in [5, 5.41) is 13.5. The van der Waals surface area contributed by atoms with Crippen molar-refractivity contribution < 1.29 is 33.6 Å². The molecular formula is C28H28N2O7S. The molecule has 3 heterocycles. The van der Waals surface area contributed by atoms with Gasteiger partial charge in [0, 0.05) is 17.1 Å². The summed E-state index contributed by atoms with van der Waals surface area (Å²) in [5.41, 5.74) is 0.834. The van der Waals surface area contributed by atoms with E-state index in [9.17, 15) is 14.7 Å². The van der Waals surface area contributed by atoms with E-state index in [2.05, 4.69) is 18.8 Å². The number of methoxy groups -OCH3 is 1. The van der Waals surface area contributed by atoms with Crippen LogP contribution in [0, 0.1) is 5.92 Å². The van der Waals surface area contributed by atoms with Gasteiger partial charge in [-0.05, 0) is 48.2 Å². The smallest absolute Gasteiger partial charge is 0.301 e. The van der Waals surface area contributed by atoms with Gasteiger partial charge in [-0.3, -0.25) is 14.5 Å². The fourth-order valence-electron chi connectivity index (χ4n) is 4.40. The van der Waals surface area contributed by atoms with Gasteiger partial charge in [-0.15, -0.1) is 11.3 Å². The summed E-state index contributed by atoms with van der Waals surface area (Å²) in [6.07, 6.45) is 2.44. The molecule has 2 aliphatic heterocycles. The van der Waals surface area contributed by atoms with Gasteiger partial charge < -0.3 is 24.1 Å². The Kier molecular flexibility index (Phi) is 7.24. The highest BCUT2D eigenvalue weighted by Gasteiger charge is 2.48. The molecule has 0 radical (unpaired) electrons. The summed E-state index contributed by atoms with van der Waals surface area (Å²) >= 11 is 1.22. The van der Waals surface area contributed by atoms with Gasteiger partial charge in [0.25, 0.3) is 5.78 Å². The second-order valence-corrected chi connectivity index (χ2v) is 10.2. The van der Waals surface area contributed by atoms with Gasteiger partial charge in [0.2, 0.25) is 0 Å². The standard InChI is InChI=1S/C28H28N2O7S/c1-16(2)8-10-35-19-6-4-17(14-21(19)34-3)24-23(26(32)27(33)30(24)28-29-9-13-38-28)25(31)18-5-7-20-22(15-18)37-12-11-36-20/h4-7,9,13-16,24,31H,8,10-12H2,1-3H3/b25-23+. The number of hydrogen-bond acceptors (Lipinski definition) is 9. The average molecular weight is 537 g/mol. The number of fused-ring (bicyclic) bond motifs is 1. The number of ketones is 1. The fourth-order valence-corrected chi connectivity index (χ4v) is 5.07. The first-order valence-corrected chi connectivity index (χ1v) is 13.2. The van der Waals surface area contributed by atoms with E-state index < -0.39 is 17.7 Å². The average Bonchev–Trinajstić information content (AvgIpc) is 3.54. The van der Waals surface area contributed by atoms with E-state index in [0.29, 0.717) is 65.0 Å². The van der Waals surface area contributed by atoms with E-state index in [4.69, 9.17) is 18.9 Å². The summed E-state index contributed by atoms with van der Waals surface area (Å²) in [6, 6.07) is 9.20. The molecule has 2 aliphatic rings. The van der Waals surface area contributed by atoms with Gasteiger partial charge in [0.05, 0.1) is 25.3 Å². The Hall–Kier alpha value is -4.05. The number of carbonyl (C=O) groups excluding carboxylic acids is 2. The summed E-state index contributed by atoms with van der Waals surface area (Å²) in [7, 11) is 1.53. The minimum Gasteiger partial charge on any atom is -0.507 e. The van der Waals surface area contributed by atoms with E-state index in [0.717, 1.165) is 6.42 Å². The number of rotatable bonds is 8. The molecule has 5 rings (SSSR count). The number of aliphatic hydroxyl groups excluding tert-OH is 1. The highest BCUT2D eigenvalue weighted by Crippen LogP contribution is 2.45. The number of ether oxygens (including phenoxy) is 4. The second-order valence-electron chi connectivity index (χ2n) is 9.28. The lowest BCUT2D eigenvalue weighted by molar-refractivity contribution is -0.132. The Morgan fingerprint density at radius 3 is 2.63 bits per heavy atom. The van der Waals surface area contributed by atoms with Crippen LogP contribution in [-0.4, -0.2) is 48.7 Å². The van der Waals surface area contributed by atoms with Gasteiger partial charge in [-0.25, -0.2) is 4.98 Å². The third-order valence-electron chi connectivity index (χ3n) is 6.34. The minimum atomic E-state index is -0.937. The van der Waals surface area contributed by atoms with Crippen LogP contribution >= 0.6 is 11.3 Å². The monoisotopic (exact) mass is 536 g/mol. The van der Waals surface area contributed by atoms with Crippen LogP contribution in [0.5, 0.6) is 23.0 Å². The number of aromatic nitrogens is 1. The highest BCUT2D eigenvalue weighted by molar-refractivity contribution is 7.14. The molecule has 0 aliphatic carbocycles. The number of hydrogen-bond donors (Lipinski definition) is 1. The number of benzene rings is 2. The molecule has 0 saturated carbocycles. The van der Waals surface area contributed by atoms with Crippen LogP contribution < -0.4 is 23.8 Å². The number of thiazole rings is 1. The molecule has 1 atom stereocenters. The Balaban J connectivity index is 1.61. The fraction of sp³-hybridized carbons (Fsp3) is 0.321. The van der Waals surface area contributed by atoms with Gasteiger partial charge >= 0.3 is 5.91 Å². The molecule has 10 heteroatoms. The van der Waals surface area contributed by atoms with Gasteiger partial charge in [-0.1, -0.05) is 19.9 Å². The van der Waals surface area contributed by atoms with Crippen LogP contribution in [0.15, 0.2) is 53.5 Å². The molecule has 0 spiro atoms. The SMILES string of the molecule is COc1cc(C2/C(=C(\O)c3ccc4c(c3)OCCO4)C(=O)C(=O)N2c2nccs2)ccc1OCCC(C)C. The first-order valence-electron chi connectivity index (χ1n) is 12.3. The Labute approximate surface area is 224 Å². The first kappa shape index (κ1) is 25.6. The van der Waals surface area contributed by atoms with E-state index in [-0.39, 0.29) is 11.3 Å². The van der Waals surface area contributed by atoms with Crippen molar-refractivity contribution in [2.45, 2.75) is 26.3 Å². The maximum Gasteiger partial charge on any atom is 0.301 e. The van der Waals surface area contributed by atoms with Crippen molar-refractivity contribution in [2.24, 2.45) is 5.92 Å². The molecule has 1 unspecified atom stereocenters. The third-order valence-corrected chi connectivity index (χ3v) is 7.11. The molecule has 9 nitrogen and oxygen atoms in total. The molecule has 1 saturated heterocycles. The number of amides is 1. The Morgan fingerprint density at radius 1 is 1.13 bits per heavy atom. The summed E-state index contributed by atoms with van der Waals surface area (Å²) in [5.74, 6) is 0.583. The van der Waals surface area contributed by atoms with Crippen molar-refractivity contribution >= 4 is 33.9 Å². The largest absolute Gasteiger partial charge is 0.507 e. The van der Waals surface area contributed by atoms with Crippen molar-refractivity contribution in [3.05, 3.63) is 64.7 Å². The zero-order valence-electron chi connectivity index (χ0n) is 21.3. The Morgan fingerprint density at radius 2 is 1.92 bits per heavy atom. The molecule has 1 fully saturated rings. The van der Waals surface area contributed by atoms with Crippen molar-refractivity contribution in [2.75, 3.05) is 31.8 Å². The molecule has 1 amide bonds. The topological polar surface area (TPSA) is 107 Å². The molecular weight excluding hydrogens is 508 g/mol. The van der Waals surface area contributed by atoms with Crippen LogP contribution in [-0.2, 0) is 9.59 Å². The van der Waals surface area contributed by atoms with Gasteiger partial charge in [0.15, 0.2) is 28.1 Å². The van der Waals surface area contributed by atoms with Crippen LogP contribution in [0.3, 0.4) is 0 Å². The van der Waals surface area contributed by atoms with Gasteiger partial charge in [0.1, 0.15) is 19.0 Å². The minimum absolute atomic E-state index is 0.0580. The van der Waals surface area contributed by atoms with Crippen LogP contribution in [0.2, 0.25) is 0 Å². The molecule has 2 aromatic carbocycles.